The third kappa shape index (κ3) is 4.03. The van der Waals surface area contributed by atoms with E-state index in [1.165, 1.54) is 6.39 Å². The average molecular weight is 405 g/mol. The number of nitrogens with zero attached hydrogens (tertiary/aromatic N) is 4. The van der Waals surface area contributed by atoms with Gasteiger partial charge in [-0.05, 0) is 43.7 Å². The molecule has 154 valence electrons. The Morgan fingerprint density at radius 1 is 1.03 bits per heavy atom. The number of rotatable bonds is 4. The lowest BCUT2D eigenvalue weighted by Crippen LogP contribution is -2.49. The summed E-state index contributed by atoms with van der Waals surface area (Å²) in [5, 5.41) is 2.82. The highest BCUT2D eigenvalue weighted by Crippen LogP contribution is 2.21. The molecule has 8 heteroatoms. The lowest BCUT2D eigenvalue weighted by Gasteiger charge is -2.35. The number of aryl methyl sites for hydroxylation is 2. The topological polar surface area (TPSA) is 91.6 Å². The molecule has 0 aliphatic carbocycles. The minimum Gasteiger partial charge on any atom is -0.438 e. The fraction of sp³-hybridized carbons (Fsp3) is 0.273. The van der Waals surface area contributed by atoms with Crippen LogP contribution in [0.3, 0.4) is 0 Å². The third-order valence-corrected chi connectivity index (χ3v) is 5.22. The van der Waals surface area contributed by atoms with Crippen LogP contribution in [0.15, 0.2) is 53.4 Å². The van der Waals surface area contributed by atoms with Gasteiger partial charge in [0.05, 0.1) is 5.69 Å². The van der Waals surface area contributed by atoms with Gasteiger partial charge >= 0.3 is 0 Å². The van der Waals surface area contributed by atoms with Crippen molar-refractivity contribution in [1.29, 1.82) is 0 Å². The van der Waals surface area contributed by atoms with E-state index < -0.39 is 0 Å². The molecule has 8 nitrogen and oxygen atoms in total. The van der Waals surface area contributed by atoms with Crippen molar-refractivity contribution in [3.05, 3.63) is 71.6 Å². The minimum absolute atomic E-state index is 0.0537. The Labute approximate surface area is 174 Å². The summed E-state index contributed by atoms with van der Waals surface area (Å²) < 4.78 is 5.15. The summed E-state index contributed by atoms with van der Waals surface area (Å²) in [6, 6.07) is 11.2. The molecule has 1 N–H and O–H groups in total. The number of aromatic nitrogens is 2. The molecule has 3 aromatic rings. The minimum atomic E-state index is -0.387. The molecule has 30 heavy (non-hydrogen) atoms. The van der Waals surface area contributed by atoms with Crippen LogP contribution in [-0.4, -0.2) is 52.9 Å². The molecule has 0 radical (unpaired) electrons. The number of piperazine rings is 1. The first kappa shape index (κ1) is 19.6. The first-order chi connectivity index (χ1) is 14.5. The normalized spacial score (nSPS) is 13.9. The van der Waals surface area contributed by atoms with Gasteiger partial charge in [0.25, 0.3) is 11.8 Å². The Morgan fingerprint density at radius 3 is 2.50 bits per heavy atom. The van der Waals surface area contributed by atoms with Crippen molar-refractivity contribution in [2.24, 2.45) is 0 Å². The highest BCUT2D eigenvalue weighted by atomic mass is 16.3. The zero-order valence-corrected chi connectivity index (χ0v) is 17.0. The molecular formula is C22H23N5O3. The smallest absolute Gasteiger partial charge is 0.293 e. The van der Waals surface area contributed by atoms with Gasteiger partial charge in [0, 0.05) is 43.6 Å². The summed E-state index contributed by atoms with van der Waals surface area (Å²) in [6.07, 6.45) is 3.01. The maximum absolute atomic E-state index is 13.0. The van der Waals surface area contributed by atoms with Crippen molar-refractivity contribution in [1.82, 2.24) is 14.9 Å². The lowest BCUT2D eigenvalue weighted by molar-refractivity contribution is 0.0746. The van der Waals surface area contributed by atoms with Crippen LogP contribution in [0.5, 0.6) is 0 Å². The van der Waals surface area contributed by atoms with Crippen LogP contribution in [0.25, 0.3) is 0 Å². The molecule has 0 saturated carbocycles. The highest BCUT2D eigenvalue weighted by molar-refractivity contribution is 6.04. The fourth-order valence-corrected chi connectivity index (χ4v) is 3.45. The average Bonchev–Trinajstić information content (AvgIpc) is 3.21. The standard InChI is InChI=1S/C22H23N5O3/c1-15-6-7-17(13-18(15)25-21(28)20-16(2)24-14-30-20)22(29)27-11-9-26(10-12-27)19-5-3-4-8-23-19/h3-8,13-14H,9-12H2,1-2H3,(H,25,28). The second-order valence-electron chi connectivity index (χ2n) is 7.22. The van der Waals surface area contributed by atoms with Crippen molar-refractivity contribution >= 4 is 23.3 Å². The van der Waals surface area contributed by atoms with E-state index in [9.17, 15) is 9.59 Å². The molecule has 0 spiro atoms. The van der Waals surface area contributed by atoms with E-state index in [0.717, 1.165) is 24.5 Å². The van der Waals surface area contributed by atoms with Crippen molar-refractivity contribution in [2.45, 2.75) is 13.8 Å². The first-order valence-corrected chi connectivity index (χ1v) is 9.80. The van der Waals surface area contributed by atoms with Crippen molar-refractivity contribution < 1.29 is 14.0 Å². The van der Waals surface area contributed by atoms with Gasteiger partial charge in [-0.3, -0.25) is 9.59 Å². The van der Waals surface area contributed by atoms with Crippen LogP contribution in [0.2, 0.25) is 0 Å². The van der Waals surface area contributed by atoms with Crippen LogP contribution < -0.4 is 10.2 Å². The van der Waals surface area contributed by atoms with E-state index in [0.29, 0.717) is 30.0 Å². The Balaban J connectivity index is 1.44. The Hall–Kier alpha value is -3.68. The van der Waals surface area contributed by atoms with Crippen molar-refractivity contribution in [3.63, 3.8) is 0 Å². The number of amides is 2. The van der Waals surface area contributed by atoms with E-state index in [4.69, 9.17) is 4.42 Å². The van der Waals surface area contributed by atoms with E-state index in [1.54, 1.807) is 25.3 Å². The second-order valence-corrected chi connectivity index (χ2v) is 7.22. The van der Waals surface area contributed by atoms with Gasteiger partial charge in [-0.2, -0.15) is 0 Å². The molecule has 2 amide bonds. The lowest BCUT2D eigenvalue weighted by atomic mass is 10.1. The summed E-state index contributed by atoms with van der Waals surface area (Å²) in [5.41, 5.74) is 2.49. The predicted molar refractivity (Wildman–Crippen MR) is 113 cm³/mol. The van der Waals surface area contributed by atoms with Gasteiger partial charge in [0.15, 0.2) is 6.39 Å². The number of carbonyl (C=O) groups excluding carboxylic acids is 2. The van der Waals surface area contributed by atoms with Crippen molar-refractivity contribution in [3.8, 4) is 0 Å². The molecule has 0 atom stereocenters. The number of pyridine rings is 1. The molecule has 4 rings (SSSR count). The molecule has 3 heterocycles. The molecule has 1 fully saturated rings. The van der Waals surface area contributed by atoms with Gasteiger partial charge in [-0.15, -0.1) is 0 Å². The maximum Gasteiger partial charge on any atom is 0.293 e. The number of oxazole rings is 1. The van der Waals surface area contributed by atoms with E-state index >= 15 is 0 Å². The maximum atomic E-state index is 13.0. The van der Waals surface area contributed by atoms with E-state index in [-0.39, 0.29) is 17.6 Å². The van der Waals surface area contributed by atoms with Crippen LogP contribution >= 0.6 is 0 Å². The molecule has 0 bridgehead atoms. The monoisotopic (exact) mass is 405 g/mol. The van der Waals surface area contributed by atoms with Crippen LogP contribution in [0, 0.1) is 13.8 Å². The Bertz CT molecular complexity index is 1060. The molecule has 1 aromatic carbocycles. The number of hydrogen-bond donors (Lipinski definition) is 1. The van der Waals surface area contributed by atoms with Gasteiger partial charge in [-0.1, -0.05) is 12.1 Å². The molecule has 0 unspecified atom stereocenters. The number of benzene rings is 1. The van der Waals surface area contributed by atoms with Crippen LogP contribution in [0.4, 0.5) is 11.5 Å². The number of carbonyl (C=O) groups is 2. The van der Waals surface area contributed by atoms with E-state index in [2.05, 4.69) is 20.2 Å². The summed E-state index contributed by atoms with van der Waals surface area (Å²) in [5.74, 6) is 0.646. The van der Waals surface area contributed by atoms with Gasteiger partial charge in [-0.25, -0.2) is 9.97 Å². The molecule has 1 aliphatic rings. The molecule has 2 aromatic heterocycles. The second kappa shape index (κ2) is 8.36. The zero-order chi connectivity index (χ0) is 21.1. The third-order valence-electron chi connectivity index (χ3n) is 5.22. The fourth-order valence-electron chi connectivity index (χ4n) is 3.45. The van der Waals surface area contributed by atoms with E-state index in [1.807, 2.05) is 36.1 Å². The van der Waals surface area contributed by atoms with Gasteiger partial charge in [0.1, 0.15) is 5.82 Å². The number of nitrogens with one attached hydrogen (secondary N) is 1. The summed E-state index contributed by atoms with van der Waals surface area (Å²) >= 11 is 0. The summed E-state index contributed by atoms with van der Waals surface area (Å²) in [7, 11) is 0. The Morgan fingerprint density at radius 2 is 1.83 bits per heavy atom. The Kier molecular flexibility index (Phi) is 5.47. The molecular weight excluding hydrogens is 382 g/mol. The molecule has 1 saturated heterocycles. The molecule has 1 aliphatic heterocycles. The van der Waals surface area contributed by atoms with Crippen LogP contribution in [-0.2, 0) is 0 Å². The largest absolute Gasteiger partial charge is 0.438 e. The van der Waals surface area contributed by atoms with Gasteiger partial charge in [0.2, 0.25) is 5.76 Å². The zero-order valence-electron chi connectivity index (χ0n) is 17.0. The summed E-state index contributed by atoms with van der Waals surface area (Å²) in [4.78, 5) is 37.8. The number of hydrogen-bond acceptors (Lipinski definition) is 6. The SMILES string of the molecule is Cc1ccc(C(=O)N2CCN(c3ccccn3)CC2)cc1NC(=O)c1ocnc1C. The van der Waals surface area contributed by atoms with Crippen LogP contribution in [0.1, 0.15) is 32.2 Å². The summed E-state index contributed by atoms with van der Waals surface area (Å²) in [6.45, 7) is 6.26. The van der Waals surface area contributed by atoms with Gasteiger partial charge < -0.3 is 19.5 Å². The number of anilines is 2. The first-order valence-electron chi connectivity index (χ1n) is 9.80. The highest BCUT2D eigenvalue weighted by Gasteiger charge is 2.23. The van der Waals surface area contributed by atoms with Crippen molar-refractivity contribution in [2.75, 3.05) is 36.4 Å². The predicted octanol–water partition coefficient (Wildman–Crippen LogP) is 2.90. The quantitative estimate of drug-likeness (QED) is 0.718.